The van der Waals surface area contributed by atoms with E-state index in [1.165, 1.54) is 0 Å². The molecule has 0 saturated carbocycles. The summed E-state index contributed by atoms with van der Waals surface area (Å²) in [5.41, 5.74) is -1.15. The monoisotopic (exact) mass is 149 g/mol. The van der Waals surface area contributed by atoms with Gasteiger partial charge in [-0.2, -0.15) is 0 Å². The maximum atomic E-state index is 10.2. The van der Waals surface area contributed by atoms with E-state index in [-0.39, 0.29) is 5.48 Å². The molecule has 5 N–H and O–H groups in total. The van der Waals surface area contributed by atoms with Gasteiger partial charge in [-0.25, -0.2) is 4.79 Å². The third kappa shape index (κ3) is 2.21. The van der Waals surface area contributed by atoms with Gasteiger partial charge in [-0.1, -0.05) is 6.58 Å². The normalized spacial score (nSPS) is 11.2. The fraction of sp³-hybridized carbons (Fsp3) is 0.250. The maximum Gasteiger partial charge on any atom is 0.346 e. The van der Waals surface area contributed by atoms with Gasteiger partial charge in [0, 0.05) is 0 Å². The molecule has 0 spiro atoms. The minimum Gasteiger partial charge on any atom is -0.628 e. The fourth-order valence-corrected chi connectivity index (χ4v) is 0.236. The van der Waals surface area contributed by atoms with Crippen LogP contribution in [0.4, 0.5) is 0 Å². The number of amides is 1. The summed E-state index contributed by atoms with van der Waals surface area (Å²) in [4.78, 5) is 10.2. The summed E-state index contributed by atoms with van der Waals surface area (Å²) < 4.78 is 0. The highest BCUT2D eigenvalue weighted by molar-refractivity contribution is 5.86. The molecule has 0 radical (unpaired) electrons. The molecule has 0 aromatic heterocycles. The van der Waals surface area contributed by atoms with Gasteiger partial charge in [-0.05, 0) is 0 Å². The first-order valence-corrected chi connectivity index (χ1v) is 2.25. The van der Waals surface area contributed by atoms with Gasteiger partial charge in [0.1, 0.15) is 5.57 Å². The molecule has 0 aliphatic carbocycles. The summed E-state index contributed by atoms with van der Waals surface area (Å²) >= 11 is 0. The minimum atomic E-state index is -3.29. The average molecular weight is 149 g/mol. The Kier molecular flexibility index (Phi) is 2.64. The summed E-state index contributed by atoms with van der Waals surface area (Å²) in [7, 11) is 0. The fourth-order valence-electron chi connectivity index (χ4n) is 0.236. The second-order valence-corrected chi connectivity index (χ2v) is 1.60. The molecule has 0 atom stereocenters. The van der Waals surface area contributed by atoms with Crippen LogP contribution in [0, 0.1) is 5.21 Å². The number of aliphatic hydroxyl groups is 3. The molecule has 1 amide bonds. The SMILES string of the molecule is C=C(C(=O)[NH2+][O-])C(O)(O)O. The molecule has 0 aliphatic heterocycles. The number of primary amides is 1. The number of rotatable bonds is 2. The van der Waals surface area contributed by atoms with Gasteiger partial charge in [-0.3, -0.25) is 0 Å². The molecule has 0 aliphatic rings. The Morgan fingerprint density at radius 2 is 1.90 bits per heavy atom. The van der Waals surface area contributed by atoms with E-state index in [0.29, 0.717) is 0 Å². The highest BCUT2D eigenvalue weighted by atomic mass is 16.7. The quantitative estimate of drug-likeness (QED) is 0.187. The maximum absolute atomic E-state index is 10.2. The van der Waals surface area contributed by atoms with Crippen LogP contribution >= 0.6 is 0 Å². The lowest BCUT2D eigenvalue weighted by molar-refractivity contribution is -0.499. The predicted molar refractivity (Wildman–Crippen MR) is 28.8 cm³/mol. The molecule has 0 aromatic rings. The molecule has 0 fully saturated rings. The lowest BCUT2D eigenvalue weighted by Crippen LogP contribution is -2.83. The smallest absolute Gasteiger partial charge is 0.346 e. The predicted octanol–water partition coefficient (Wildman–Crippen LogP) is -3.24. The largest absolute Gasteiger partial charge is 0.628 e. The van der Waals surface area contributed by atoms with Crippen LogP contribution in [0.2, 0.25) is 0 Å². The summed E-state index contributed by atoms with van der Waals surface area (Å²) in [5.74, 6) is -4.55. The van der Waals surface area contributed by atoms with Gasteiger partial charge < -0.3 is 26.0 Å². The molecular weight excluding hydrogens is 142 g/mol. The summed E-state index contributed by atoms with van der Waals surface area (Å²) in [5, 5.41) is 34.3. The highest BCUT2D eigenvalue weighted by Crippen LogP contribution is 2.04. The summed E-state index contributed by atoms with van der Waals surface area (Å²) in [6, 6.07) is 0. The topological polar surface area (TPSA) is 117 Å². The van der Waals surface area contributed by atoms with Crippen LogP contribution in [0.15, 0.2) is 12.2 Å². The third-order valence-corrected chi connectivity index (χ3v) is 0.809. The third-order valence-electron chi connectivity index (χ3n) is 0.809. The first kappa shape index (κ1) is 9.21. The molecule has 0 heterocycles. The molecule has 6 nitrogen and oxygen atoms in total. The van der Waals surface area contributed by atoms with Crippen molar-refractivity contribution in [2.45, 2.75) is 5.97 Å². The van der Waals surface area contributed by atoms with Crippen molar-refractivity contribution in [1.29, 1.82) is 0 Å². The Balaban J connectivity index is 4.24. The van der Waals surface area contributed by atoms with Gasteiger partial charge in [0.05, 0.1) is 0 Å². The number of carbonyl (C=O) groups is 1. The van der Waals surface area contributed by atoms with Gasteiger partial charge in [-0.15, -0.1) is 0 Å². The van der Waals surface area contributed by atoms with E-state index in [0.717, 1.165) is 0 Å². The zero-order valence-corrected chi connectivity index (χ0v) is 4.94. The number of hydrogen-bond donors (Lipinski definition) is 4. The lowest BCUT2D eigenvalue weighted by atomic mass is 10.2. The van der Waals surface area contributed by atoms with E-state index >= 15 is 0 Å². The van der Waals surface area contributed by atoms with Crippen LogP contribution in [0.1, 0.15) is 0 Å². The molecule has 0 unspecified atom stereocenters. The van der Waals surface area contributed by atoms with Crippen molar-refractivity contribution >= 4 is 5.91 Å². The average Bonchev–Trinajstić information content (AvgIpc) is 1.83. The van der Waals surface area contributed by atoms with E-state index < -0.39 is 17.5 Å². The van der Waals surface area contributed by atoms with Crippen molar-refractivity contribution in [3.63, 3.8) is 0 Å². The van der Waals surface area contributed by atoms with Crippen molar-refractivity contribution in [2.75, 3.05) is 0 Å². The van der Waals surface area contributed by atoms with Gasteiger partial charge in [0.15, 0.2) is 0 Å². The minimum absolute atomic E-state index is 0.181. The van der Waals surface area contributed by atoms with E-state index in [1.54, 1.807) is 0 Å². The van der Waals surface area contributed by atoms with Crippen molar-refractivity contribution in [3.8, 4) is 0 Å². The number of carbonyl (C=O) groups excluding carboxylic acids is 1. The van der Waals surface area contributed by atoms with Crippen molar-refractivity contribution in [2.24, 2.45) is 0 Å². The molecule has 0 bridgehead atoms. The Hall–Kier alpha value is -0.790. The molecule has 0 saturated heterocycles. The van der Waals surface area contributed by atoms with Crippen LogP contribution in [0.25, 0.3) is 0 Å². The molecule has 6 heteroatoms. The number of hydrogen-bond acceptors (Lipinski definition) is 5. The van der Waals surface area contributed by atoms with Crippen LogP contribution < -0.4 is 5.48 Å². The summed E-state index contributed by atoms with van der Waals surface area (Å²) in [6.45, 7) is 2.77. The molecule has 0 aromatic carbocycles. The number of nitrogens with two attached hydrogens (primary N) is 1. The van der Waals surface area contributed by atoms with E-state index in [2.05, 4.69) is 6.58 Å². The first-order valence-electron chi connectivity index (χ1n) is 2.25. The van der Waals surface area contributed by atoms with Crippen molar-refractivity contribution in [1.82, 2.24) is 0 Å². The second-order valence-electron chi connectivity index (χ2n) is 1.60. The molecule has 0 rings (SSSR count). The zero-order chi connectivity index (χ0) is 8.36. The Morgan fingerprint density at radius 1 is 1.50 bits per heavy atom. The Bertz CT molecular complexity index is 158. The van der Waals surface area contributed by atoms with Gasteiger partial charge >= 0.3 is 11.9 Å². The van der Waals surface area contributed by atoms with E-state index in [9.17, 15) is 10.0 Å². The van der Waals surface area contributed by atoms with Crippen LogP contribution in [0.3, 0.4) is 0 Å². The van der Waals surface area contributed by atoms with E-state index in [4.69, 9.17) is 15.3 Å². The van der Waals surface area contributed by atoms with Crippen molar-refractivity contribution in [3.05, 3.63) is 17.4 Å². The van der Waals surface area contributed by atoms with Gasteiger partial charge in [0.2, 0.25) is 0 Å². The molecule has 10 heavy (non-hydrogen) atoms. The Labute approximate surface area is 56.0 Å². The molecular formula is C4H7NO5. The number of hydroxylamine groups is 1. The highest BCUT2D eigenvalue weighted by Gasteiger charge is 2.30. The van der Waals surface area contributed by atoms with Gasteiger partial charge in [0.25, 0.3) is 0 Å². The van der Waals surface area contributed by atoms with Crippen LogP contribution in [-0.2, 0) is 4.79 Å². The van der Waals surface area contributed by atoms with Crippen molar-refractivity contribution < 1.29 is 25.6 Å². The van der Waals surface area contributed by atoms with E-state index in [1.807, 2.05) is 0 Å². The lowest BCUT2D eigenvalue weighted by Gasteiger charge is -2.13. The van der Waals surface area contributed by atoms with Crippen LogP contribution in [-0.4, -0.2) is 27.2 Å². The molecule has 58 valence electrons. The Morgan fingerprint density at radius 3 is 2.00 bits per heavy atom. The first-order chi connectivity index (χ1) is 4.39. The summed E-state index contributed by atoms with van der Waals surface area (Å²) in [6.07, 6.45) is 0. The number of quaternary nitrogens is 1. The zero-order valence-electron chi connectivity index (χ0n) is 4.94. The van der Waals surface area contributed by atoms with Crippen LogP contribution in [0.5, 0.6) is 0 Å². The standard InChI is InChI=1S/C4H7NO5/c1-2(3(6)5-10)4(7,8)9/h7-9H,1,5H2. The second kappa shape index (κ2) is 2.86.